The van der Waals surface area contributed by atoms with Gasteiger partial charge < -0.3 is 4.74 Å². The van der Waals surface area contributed by atoms with Crippen LogP contribution in [0.4, 0.5) is 8.78 Å². The number of carbonyl (C=O) groups is 1. The van der Waals surface area contributed by atoms with Gasteiger partial charge in [-0.1, -0.05) is 24.6 Å². The van der Waals surface area contributed by atoms with E-state index in [9.17, 15) is 13.6 Å². The fourth-order valence-electron chi connectivity index (χ4n) is 2.01. The molecule has 0 atom stereocenters. The number of methoxy groups -OCH3 is 1. The Morgan fingerprint density at radius 2 is 2.14 bits per heavy atom. The van der Waals surface area contributed by atoms with E-state index in [0.717, 1.165) is 12.5 Å². The van der Waals surface area contributed by atoms with Crippen LogP contribution in [0.15, 0.2) is 18.2 Å². The summed E-state index contributed by atoms with van der Waals surface area (Å²) in [6, 6.07) is 3.34. The van der Waals surface area contributed by atoms with E-state index < -0.39 is 17.6 Å². The normalized spacial score (nSPS) is 10.7. The van der Waals surface area contributed by atoms with Gasteiger partial charge in [-0.3, -0.25) is 0 Å². The molecule has 0 saturated carbocycles. The second-order valence-corrected chi connectivity index (χ2v) is 4.52. The molecule has 0 spiro atoms. The highest BCUT2D eigenvalue weighted by atomic mass is 19.1. The van der Waals surface area contributed by atoms with Gasteiger partial charge in [0.25, 0.3) is 0 Å². The number of nitrogens with zero attached hydrogens (tertiary/aromatic N) is 3. The number of benzene rings is 1. The van der Waals surface area contributed by atoms with Gasteiger partial charge in [-0.25, -0.2) is 18.3 Å². The Hall–Kier alpha value is -2.31. The molecular formula is C14H15F2N3O2. The molecule has 2 rings (SSSR count). The maximum Gasteiger partial charge on any atom is 0.360 e. The molecule has 1 heterocycles. The van der Waals surface area contributed by atoms with E-state index in [2.05, 4.69) is 15.0 Å². The van der Waals surface area contributed by atoms with E-state index >= 15 is 0 Å². The van der Waals surface area contributed by atoms with Crippen molar-refractivity contribution in [3.05, 3.63) is 46.8 Å². The molecule has 0 aliphatic carbocycles. The number of hydrogen-bond acceptors (Lipinski definition) is 4. The summed E-state index contributed by atoms with van der Waals surface area (Å²) in [5.74, 6) is -1.88. The van der Waals surface area contributed by atoms with Crippen LogP contribution >= 0.6 is 0 Å². The average molecular weight is 295 g/mol. The lowest BCUT2D eigenvalue weighted by Crippen LogP contribution is -2.11. The molecule has 5 nitrogen and oxygen atoms in total. The first-order valence-electron chi connectivity index (χ1n) is 6.51. The Labute approximate surface area is 120 Å². The third kappa shape index (κ3) is 3.24. The van der Waals surface area contributed by atoms with Crippen LogP contribution in [0.25, 0.3) is 0 Å². The van der Waals surface area contributed by atoms with E-state index in [1.54, 1.807) is 0 Å². The van der Waals surface area contributed by atoms with Gasteiger partial charge in [0.2, 0.25) is 0 Å². The highest BCUT2D eigenvalue weighted by molar-refractivity contribution is 5.88. The molecule has 1 aromatic heterocycles. The first-order valence-corrected chi connectivity index (χ1v) is 6.51. The molecule has 0 radical (unpaired) electrons. The average Bonchev–Trinajstić information content (AvgIpc) is 2.84. The molecule has 0 aliphatic rings. The largest absolute Gasteiger partial charge is 0.464 e. The van der Waals surface area contributed by atoms with E-state index in [1.807, 2.05) is 6.92 Å². The zero-order valence-electron chi connectivity index (χ0n) is 11.8. The first kappa shape index (κ1) is 15.1. The highest BCUT2D eigenvalue weighted by Crippen LogP contribution is 2.15. The highest BCUT2D eigenvalue weighted by Gasteiger charge is 2.20. The van der Waals surface area contributed by atoms with Gasteiger partial charge in [0.1, 0.15) is 11.6 Å². The molecule has 7 heteroatoms. The van der Waals surface area contributed by atoms with Crippen molar-refractivity contribution in [1.29, 1.82) is 0 Å². The van der Waals surface area contributed by atoms with Crippen LogP contribution in [0.2, 0.25) is 0 Å². The Balaban J connectivity index is 2.35. The van der Waals surface area contributed by atoms with Crippen molar-refractivity contribution in [2.24, 2.45) is 0 Å². The van der Waals surface area contributed by atoms with E-state index in [1.165, 1.54) is 23.9 Å². The number of rotatable bonds is 5. The van der Waals surface area contributed by atoms with E-state index in [-0.39, 0.29) is 17.8 Å². The van der Waals surface area contributed by atoms with Crippen LogP contribution < -0.4 is 0 Å². The summed E-state index contributed by atoms with van der Waals surface area (Å²) in [5.41, 5.74) is 0.977. The summed E-state index contributed by atoms with van der Waals surface area (Å²) >= 11 is 0. The Kier molecular flexibility index (Phi) is 4.62. The quantitative estimate of drug-likeness (QED) is 0.794. The first-order chi connectivity index (χ1) is 10.1. The van der Waals surface area contributed by atoms with Gasteiger partial charge >= 0.3 is 5.97 Å². The molecule has 2 aromatic rings. The van der Waals surface area contributed by atoms with E-state index in [4.69, 9.17) is 0 Å². The minimum atomic E-state index is -0.660. The molecular weight excluding hydrogens is 280 g/mol. The lowest BCUT2D eigenvalue weighted by atomic mass is 10.1. The maximum absolute atomic E-state index is 13.7. The van der Waals surface area contributed by atoms with Gasteiger partial charge in [0.05, 0.1) is 19.3 Å². The molecule has 0 unspecified atom stereocenters. The molecule has 0 aliphatic heterocycles. The number of ether oxygens (including phenoxy) is 1. The maximum atomic E-state index is 13.7. The van der Waals surface area contributed by atoms with Crippen molar-refractivity contribution in [2.45, 2.75) is 26.3 Å². The van der Waals surface area contributed by atoms with Crippen LogP contribution in [0, 0.1) is 11.6 Å². The second kappa shape index (κ2) is 6.43. The molecule has 0 amide bonds. The Morgan fingerprint density at radius 3 is 2.76 bits per heavy atom. The Morgan fingerprint density at radius 1 is 1.38 bits per heavy atom. The minimum Gasteiger partial charge on any atom is -0.464 e. The summed E-state index contributed by atoms with van der Waals surface area (Å²) in [6.45, 7) is 2.02. The zero-order chi connectivity index (χ0) is 15.4. The van der Waals surface area contributed by atoms with Crippen LogP contribution in [-0.4, -0.2) is 28.1 Å². The van der Waals surface area contributed by atoms with Gasteiger partial charge in [0.15, 0.2) is 5.69 Å². The topological polar surface area (TPSA) is 57.0 Å². The minimum absolute atomic E-state index is 0.0748. The van der Waals surface area contributed by atoms with Gasteiger partial charge in [-0.05, 0) is 12.5 Å². The number of halogens is 2. The van der Waals surface area contributed by atoms with Crippen LogP contribution in [0.5, 0.6) is 0 Å². The summed E-state index contributed by atoms with van der Waals surface area (Å²) in [7, 11) is 1.26. The number of esters is 1. The van der Waals surface area contributed by atoms with Crippen LogP contribution in [0.3, 0.4) is 0 Å². The van der Waals surface area contributed by atoms with Crippen molar-refractivity contribution in [3.63, 3.8) is 0 Å². The van der Waals surface area contributed by atoms with Gasteiger partial charge in [-0.2, -0.15) is 0 Å². The molecule has 0 N–H and O–H groups in total. The lowest BCUT2D eigenvalue weighted by Gasteiger charge is -2.07. The van der Waals surface area contributed by atoms with Crippen molar-refractivity contribution < 1.29 is 18.3 Å². The molecule has 21 heavy (non-hydrogen) atoms. The second-order valence-electron chi connectivity index (χ2n) is 4.52. The summed E-state index contributed by atoms with van der Waals surface area (Å²) in [4.78, 5) is 11.6. The third-order valence-electron chi connectivity index (χ3n) is 3.04. The standard InChI is InChI=1S/C14H15F2N3O2/c1-3-4-12-13(14(20)21-2)17-18-19(12)8-9-5-6-10(15)7-11(9)16/h5-7H,3-4,8H2,1-2H3. The third-order valence-corrected chi connectivity index (χ3v) is 3.04. The molecule has 112 valence electrons. The number of carbonyl (C=O) groups excluding carboxylic acids is 1. The summed E-state index contributed by atoms with van der Waals surface area (Å²) in [6.07, 6.45) is 1.32. The van der Waals surface area contributed by atoms with Crippen molar-refractivity contribution in [2.75, 3.05) is 7.11 Å². The predicted molar refractivity (Wildman–Crippen MR) is 70.8 cm³/mol. The van der Waals surface area contributed by atoms with E-state index in [0.29, 0.717) is 12.1 Å². The zero-order valence-corrected chi connectivity index (χ0v) is 11.8. The predicted octanol–water partition coefficient (Wildman–Crippen LogP) is 2.34. The smallest absolute Gasteiger partial charge is 0.360 e. The molecule has 1 aromatic carbocycles. The van der Waals surface area contributed by atoms with Gasteiger partial charge in [0, 0.05) is 11.6 Å². The summed E-state index contributed by atoms with van der Waals surface area (Å²) < 4.78 is 32.7. The SMILES string of the molecule is CCCc1c(C(=O)OC)nnn1Cc1ccc(F)cc1F. The lowest BCUT2D eigenvalue weighted by molar-refractivity contribution is 0.0592. The number of aromatic nitrogens is 3. The van der Waals surface area contributed by atoms with Gasteiger partial charge in [-0.15, -0.1) is 5.10 Å². The fraction of sp³-hybridized carbons (Fsp3) is 0.357. The fourth-order valence-corrected chi connectivity index (χ4v) is 2.01. The van der Waals surface area contributed by atoms with Crippen LogP contribution in [-0.2, 0) is 17.7 Å². The molecule has 0 fully saturated rings. The molecule has 0 bridgehead atoms. The van der Waals surface area contributed by atoms with Crippen molar-refractivity contribution >= 4 is 5.97 Å². The number of hydrogen-bond donors (Lipinski definition) is 0. The van der Waals surface area contributed by atoms with Crippen molar-refractivity contribution in [1.82, 2.24) is 15.0 Å². The Bertz CT molecular complexity index is 656. The molecule has 0 saturated heterocycles. The monoisotopic (exact) mass is 295 g/mol. The van der Waals surface area contributed by atoms with Crippen LogP contribution in [0.1, 0.15) is 35.1 Å². The van der Waals surface area contributed by atoms with Crippen molar-refractivity contribution in [3.8, 4) is 0 Å². The summed E-state index contributed by atoms with van der Waals surface area (Å²) in [5, 5.41) is 7.66.